The van der Waals surface area contributed by atoms with Gasteiger partial charge < -0.3 is 14.6 Å². The summed E-state index contributed by atoms with van der Waals surface area (Å²) in [6.45, 7) is 0.355. The Bertz CT molecular complexity index is 1040. The van der Waals surface area contributed by atoms with E-state index in [0.29, 0.717) is 17.9 Å². The molecule has 7 nitrogen and oxygen atoms in total. The van der Waals surface area contributed by atoms with Gasteiger partial charge in [-0.15, -0.1) is 0 Å². The summed E-state index contributed by atoms with van der Waals surface area (Å²) < 4.78 is 48.7. The molecule has 0 spiro atoms. The molecule has 0 aliphatic rings. The first-order valence-electron chi connectivity index (χ1n) is 7.82. The van der Waals surface area contributed by atoms with Crippen LogP contribution >= 0.6 is 0 Å². The largest absolute Gasteiger partial charge is 0.494 e. The molecule has 3 rings (SSSR count). The third-order valence-electron chi connectivity index (χ3n) is 3.97. The number of benzene rings is 1. The Hall–Kier alpha value is -2.65. The van der Waals surface area contributed by atoms with Crippen molar-refractivity contribution in [1.29, 1.82) is 0 Å². The van der Waals surface area contributed by atoms with Crippen molar-refractivity contribution >= 4 is 10.0 Å². The first-order valence-corrected chi connectivity index (χ1v) is 9.26. The predicted octanol–water partition coefficient (Wildman–Crippen LogP) is 1.99. The zero-order valence-electron chi connectivity index (χ0n) is 14.6. The molecular formula is C17H19FN4O3S. The highest BCUT2D eigenvalue weighted by molar-refractivity contribution is 7.89. The number of rotatable bonds is 6. The molecule has 26 heavy (non-hydrogen) atoms. The molecule has 0 aliphatic carbocycles. The number of aromatic nitrogens is 3. The van der Waals surface area contributed by atoms with Gasteiger partial charge in [0.1, 0.15) is 17.3 Å². The fourth-order valence-electron chi connectivity index (χ4n) is 2.83. The van der Waals surface area contributed by atoms with Gasteiger partial charge >= 0.3 is 10.0 Å². The molecule has 0 aliphatic heterocycles. The Morgan fingerprint density at radius 1 is 1.31 bits per heavy atom. The van der Waals surface area contributed by atoms with Crippen molar-refractivity contribution in [2.45, 2.75) is 11.7 Å². The molecule has 3 aromatic rings. The number of aryl methyl sites for hydroxylation is 1. The first kappa shape index (κ1) is 18.2. The second kappa shape index (κ2) is 6.93. The third kappa shape index (κ3) is 2.89. The second-order valence-corrected chi connectivity index (χ2v) is 7.38. The molecule has 0 bridgehead atoms. The minimum absolute atomic E-state index is 0.124. The maximum atomic E-state index is 14.5. The Morgan fingerprint density at radius 3 is 2.62 bits per heavy atom. The highest BCUT2D eigenvalue weighted by Crippen LogP contribution is 2.38. The highest BCUT2D eigenvalue weighted by Gasteiger charge is 2.30. The number of methoxy groups -OCH3 is 1. The molecule has 2 aromatic heterocycles. The van der Waals surface area contributed by atoms with E-state index in [9.17, 15) is 12.8 Å². The SMILES string of the molecule is CNCc1cn(S(=O)(=O)c2nccn2C)c(-c2ccccc2F)c1OC. The summed E-state index contributed by atoms with van der Waals surface area (Å²) in [5, 5.41) is 2.81. The summed E-state index contributed by atoms with van der Waals surface area (Å²) in [6, 6.07) is 5.97. The van der Waals surface area contributed by atoms with E-state index in [4.69, 9.17) is 4.74 Å². The topological polar surface area (TPSA) is 78.2 Å². The standard InChI is InChI=1S/C17H19FN4O3S/c1-19-10-12-11-22(26(23,24)17-20-8-9-21(17)2)15(16(12)25-3)13-6-4-5-7-14(13)18/h4-9,11,19H,10H2,1-3H3. The molecule has 0 saturated heterocycles. The minimum Gasteiger partial charge on any atom is -0.494 e. The molecule has 0 radical (unpaired) electrons. The maximum Gasteiger partial charge on any atom is 0.302 e. The van der Waals surface area contributed by atoms with Crippen LogP contribution in [0.1, 0.15) is 5.56 Å². The monoisotopic (exact) mass is 378 g/mol. The van der Waals surface area contributed by atoms with Crippen LogP contribution in [0.2, 0.25) is 0 Å². The van der Waals surface area contributed by atoms with Crippen LogP contribution in [0.5, 0.6) is 5.75 Å². The lowest BCUT2D eigenvalue weighted by molar-refractivity contribution is 0.411. The summed E-state index contributed by atoms with van der Waals surface area (Å²) >= 11 is 0. The van der Waals surface area contributed by atoms with Gasteiger partial charge in [-0.3, -0.25) is 0 Å². The van der Waals surface area contributed by atoms with Crippen molar-refractivity contribution in [3.8, 4) is 17.0 Å². The smallest absolute Gasteiger partial charge is 0.302 e. The average molecular weight is 378 g/mol. The van der Waals surface area contributed by atoms with Gasteiger partial charge in [-0.05, 0) is 19.2 Å². The molecule has 1 N–H and O–H groups in total. The normalized spacial score (nSPS) is 11.7. The van der Waals surface area contributed by atoms with Crippen LogP contribution in [0.4, 0.5) is 4.39 Å². The van der Waals surface area contributed by atoms with Crippen molar-refractivity contribution < 1.29 is 17.5 Å². The Labute approximate surface area is 151 Å². The fraction of sp³-hybridized carbons (Fsp3) is 0.235. The first-order chi connectivity index (χ1) is 12.4. The van der Waals surface area contributed by atoms with Gasteiger partial charge in [0, 0.05) is 43.3 Å². The molecule has 1 aromatic carbocycles. The number of hydrogen-bond donors (Lipinski definition) is 1. The van der Waals surface area contributed by atoms with Crippen LogP contribution in [0.15, 0.2) is 48.0 Å². The summed E-state index contributed by atoms with van der Waals surface area (Å²) in [6.07, 6.45) is 4.36. The van der Waals surface area contributed by atoms with E-state index in [1.165, 1.54) is 42.4 Å². The zero-order chi connectivity index (χ0) is 18.9. The summed E-state index contributed by atoms with van der Waals surface area (Å²) in [5.41, 5.74) is 0.842. The van der Waals surface area contributed by atoms with E-state index in [1.54, 1.807) is 26.2 Å². The van der Waals surface area contributed by atoms with Crippen molar-refractivity contribution in [1.82, 2.24) is 18.8 Å². The van der Waals surface area contributed by atoms with Gasteiger partial charge in [0.2, 0.25) is 5.16 Å². The summed E-state index contributed by atoms with van der Waals surface area (Å²) in [4.78, 5) is 3.94. The van der Waals surface area contributed by atoms with Crippen LogP contribution in [-0.2, 0) is 23.6 Å². The van der Waals surface area contributed by atoms with Gasteiger partial charge in [-0.1, -0.05) is 12.1 Å². The molecule has 138 valence electrons. The average Bonchev–Trinajstić information content (AvgIpc) is 3.20. The molecule has 0 saturated carbocycles. The number of halogens is 1. The molecular weight excluding hydrogens is 359 g/mol. The molecule has 9 heteroatoms. The number of hydrogen-bond acceptors (Lipinski definition) is 5. The number of nitrogens with zero attached hydrogens (tertiary/aromatic N) is 3. The highest BCUT2D eigenvalue weighted by atomic mass is 32.2. The van der Waals surface area contributed by atoms with Crippen molar-refractivity contribution in [3.05, 3.63) is 54.2 Å². The molecule has 0 unspecified atom stereocenters. The predicted molar refractivity (Wildman–Crippen MR) is 94.9 cm³/mol. The fourth-order valence-corrected chi connectivity index (χ4v) is 4.32. The molecule has 0 amide bonds. The second-order valence-electron chi connectivity index (χ2n) is 5.67. The number of nitrogens with one attached hydrogen (secondary N) is 1. The van der Waals surface area contributed by atoms with E-state index < -0.39 is 15.8 Å². The molecule has 2 heterocycles. The van der Waals surface area contributed by atoms with E-state index in [-0.39, 0.29) is 16.4 Å². The van der Waals surface area contributed by atoms with E-state index in [1.807, 2.05) is 0 Å². The van der Waals surface area contributed by atoms with Gasteiger partial charge in [-0.25, -0.2) is 13.3 Å². The van der Waals surface area contributed by atoms with Gasteiger partial charge in [0.25, 0.3) is 0 Å². The van der Waals surface area contributed by atoms with Crippen molar-refractivity contribution in [3.63, 3.8) is 0 Å². The quantitative estimate of drug-likeness (QED) is 0.710. The minimum atomic E-state index is -4.06. The summed E-state index contributed by atoms with van der Waals surface area (Å²) in [7, 11) is 0.679. The van der Waals surface area contributed by atoms with Crippen molar-refractivity contribution in [2.24, 2.45) is 7.05 Å². The van der Waals surface area contributed by atoms with E-state index in [0.717, 1.165) is 3.97 Å². The van der Waals surface area contributed by atoms with Crippen molar-refractivity contribution in [2.75, 3.05) is 14.2 Å². The number of ether oxygens (including phenoxy) is 1. The van der Waals surface area contributed by atoms with Crippen LogP contribution in [0.25, 0.3) is 11.3 Å². The maximum absolute atomic E-state index is 14.5. The third-order valence-corrected chi connectivity index (χ3v) is 5.63. The van der Waals surface area contributed by atoms with Crippen LogP contribution in [0.3, 0.4) is 0 Å². The number of imidazole rings is 1. The lowest BCUT2D eigenvalue weighted by Gasteiger charge is -2.12. The van der Waals surface area contributed by atoms with E-state index in [2.05, 4.69) is 10.3 Å². The zero-order valence-corrected chi connectivity index (χ0v) is 15.4. The Morgan fingerprint density at radius 2 is 2.04 bits per heavy atom. The lowest BCUT2D eigenvalue weighted by Crippen LogP contribution is -2.18. The van der Waals surface area contributed by atoms with Crippen LogP contribution in [0, 0.1) is 5.82 Å². The summed E-state index contributed by atoms with van der Waals surface area (Å²) in [5.74, 6) is -0.251. The van der Waals surface area contributed by atoms with Crippen LogP contribution < -0.4 is 10.1 Å². The Balaban J connectivity index is 2.36. The van der Waals surface area contributed by atoms with Crippen LogP contribution in [-0.4, -0.2) is 36.1 Å². The van der Waals surface area contributed by atoms with Gasteiger partial charge in [-0.2, -0.15) is 8.42 Å². The molecule has 0 atom stereocenters. The van der Waals surface area contributed by atoms with Gasteiger partial charge in [0.15, 0.2) is 0 Å². The molecule has 0 fully saturated rings. The van der Waals surface area contributed by atoms with E-state index >= 15 is 0 Å². The Kier molecular flexibility index (Phi) is 4.84. The lowest BCUT2D eigenvalue weighted by atomic mass is 10.1. The van der Waals surface area contributed by atoms with Gasteiger partial charge in [0.05, 0.1) is 7.11 Å².